The Morgan fingerprint density at radius 3 is 2.50 bits per heavy atom. The number of likely N-dealkylation sites (tertiary alicyclic amines) is 1. The van der Waals surface area contributed by atoms with E-state index >= 15 is 0 Å². The maximum atomic E-state index is 11.4. The molecule has 102 valence electrons. The fraction of sp³-hybridized carbons (Fsp3) is 0.846. The first-order chi connectivity index (χ1) is 8.52. The first-order valence-electron chi connectivity index (χ1n) is 6.82. The summed E-state index contributed by atoms with van der Waals surface area (Å²) >= 11 is 0. The van der Waals surface area contributed by atoms with Crippen molar-refractivity contribution in [3.8, 4) is 0 Å². The van der Waals surface area contributed by atoms with Crippen LogP contribution in [0.3, 0.4) is 0 Å². The molecule has 0 bridgehead atoms. The Morgan fingerprint density at radius 2 is 1.89 bits per heavy atom. The highest BCUT2D eigenvalue weighted by molar-refractivity contribution is 5.81. The van der Waals surface area contributed by atoms with Gasteiger partial charge in [-0.1, -0.05) is 12.8 Å². The average Bonchev–Trinajstić information content (AvgIpc) is 2.36. The number of aliphatic carboxylic acids is 1. The number of amides is 1. The van der Waals surface area contributed by atoms with Crippen molar-refractivity contribution >= 4 is 11.9 Å². The standard InChI is InChI=1S/C13H22N2O3/c1-8(12(14)16)15-10-5-3-2-4-9(10)6-7-11(15)13(17)18/h8-11H,2-7H2,1H3,(H2,14,16)(H,17,18). The summed E-state index contributed by atoms with van der Waals surface area (Å²) in [6.45, 7) is 1.73. The molecule has 1 saturated heterocycles. The summed E-state index contributed by atoms with van der Waals surface area (Å²) in [5.41, 5.74) is 5.38. The second kappa shape index (κ2) is 5.26. The summed E-state index contributed by atoms with van der Waals surface area (Å²) in [5, 5.41) is 9.34. The van der Waals surface area contributed by atoms with Crippen LogP contribution in [0.5, 0.6) is 0 Å². The summed E-state index contributed by atoms with van der Waals surface area (Å²) in [6.07, 6.45) is 6.08. The lowest BCUT2D eigenvalue weighted by Crippen LogP contribution is -2.60. The topological polar surface area (TPSA) is 83.6 Å². The van der Waals surface area contributed by atoms with Crippen LogP contribution in [0.2, 0.25) is 0 Å². The van der Waals surface area contributed by atoms with Crippen molar-refractivity contribution in [3.05, 3.63) is 0 Å². The van der Waals surface area contributed by atoms with Gasteiger partial charge in [-0.25, -0.2) is 0 Å². The molecule has 5 nitrogen and oxygen atoms in total. The van der Waals surface area contributed by atoms with Gasteiger partial charge in [0.05, 0.1) is 6.04 Å². The third kappa shape index (κ3) is 2.36. The molecule has 2 rings (SSSR count). The van der Waals surface area contributed by atoms with Gasteiger partial charge in [0.15, 0.2) is 0 Å². The maximum Gasteiger partial charge on any atom is 0.320 e. The second-order valence-electron chi connectivity index (χ2n) is 5.57. The minimum atomic E-state index is -0.827. The van der Waals surface area contributed by atoms with Crippen LogP contribution in [0.25, 0.3) is 0 Å². The quantitative estimate of drug-likeness (QED) is 0.786. The molecule has 0 spiro atoms. The van der Waals surface area contributed by atoms with E-state index in [1.165, 1.54) is 6.42 Å². The molecule has 1 aliphatic carbocycles. The lowest BCUT2D eigenvalue weighted by Gasteiger charge is -2.49. The molecular weight excluding hydrogens is 232 g/mol. The molecule has 1 aliphatic heterocycles. The van der Waals surface area contributed by atoms with Crippen molar-refractivity contribution in [1.82, 2.24) is 4.90 Å². The van der Waals surface area contributed by atoms with Crippen molar-refractivity contribution in [1.29, 1.82) is 0 Å². The normalized spacial score (nSPS) is 34.6. The Kier molecular flexibility index (Phi) is 3.90. The summed E-state index contributed by atoms with van der Waals surface area (Å²) in [7, 11) is 0. The van der Waals surface area contributed by atoms with Crippen LogP contribution in [0.15, 0.2) is 0 Å². The second-order valence-corrected chi connectivity index (χ2v) is 5.57. The van der Waals surface area contributed by atoms with Crippen LogP contribution < -0.4 is 5.73 Å². The molecule has 1 saturated carbocycles. The van der Waals surface area contributed by atoms with E-state index in [9.17, 15) is 14.7 Å². The maximum absolute atomic E-state index is 11.4. The van der Waals surface area contributed by atoms with Crippen molar-refractivity contribution < 1.29 is 14.7 Å². The molecule has 1 amide bonds. The largest absolute Gasteiger partial charge is 0.480 e. The van der Waals surface area contributed by atoms with Crippen LogP contribution in [0.1, 0.15) is 45.4 Å². The van der Waals surface area contributed by atoms with Crippen molar-refractivity contribution in [2.75, 3.05) is 0 Å². The van der Waals surface area contributed by atoms with Gasteiger partial charge in [0.25, 0.3) is 0 Å². The molecule has 18 heavy (non-hydrogen) atoms. The lowest BCUT2D eigenvalue weighted by molar-refractivity contribution is -0.151. The highest BCUT2D eigenvalue weighted by atomic mass is 16.4. The zero-order valence-electron chi connectivity index (χ0n) is 10.8. The smallest absolute Gasteiger partial charge is 0.320 e. The van der Waals surface area contributed by atoms with Gasteiger partial charge in [0, 0.05) is 6.04 Å². The molecule has 0 radical (unpaired) electrons. The zero-order valence-corrected chi connectivity index (χ0v) is 10.8. The summed E-state index contributed by atoms with van der Waals surface area (Å²) in [4.78, 5) is 24.7. The predicted molar refractivity (Wildman–Crippen MR) is 66.9 cm³/mol. The average molecular weight is 254 g/mol. The first kappa shape index (κ1) is 13.3. The monoisotopic (exact) mass is 254 g/mol. The number of piperidine rings is 1. The minimum absolute atomic E-state index is 0.219. The van der Waals surface area contributed by atoms with Crippen LogP contribution in [-0.4, -0.2) is 40.0 Å². The van der Waals surface area contributed by atoms with Gasteiger partial charge in [-0.05, 0) is 38.5 Å². The van der Waals surface area contributed by atoms with Crippen molar-refractivity contribution in [2.45, 2.75) is 63.6 Å². The fourth-order valence-electron chi connectivity index (χ4n) is 3.62. The number of carboxylic acids is 1. The number of nitrogens with zero attached hydrogens (tertiary/aromatic N) is 1. The molecule has 2 aliphatic rings. The van der Waals surface area contributed by atoms with Crippen LogP contribution in [0, 0.1) is 5.92 Å². The Bertz CT molecular complexity index is 345. The zero-order chi connectivity index (χ0) is 13.3. The first-order valence-corrected chi connectivity index (χ1v) is 6.82. The Balaban J connectivity index is 2.24. The Hall–Kier alpha value is -1.10. The molecule has 4 unspecified atom stereocenters. The molecule has 2 fully saturated rings. The van der Waals surface area contributed by atoms with Gasteiger partial charge >= 0.3 is 5.97 Å². The van der Waals surface area contributed by atoms with E-state index in [4.69, 9.17) is 5.73 Å². The Morgan fingerprint density at radius 1 is 1.22 bits per heavy atom. The number of hydrogen-bond donors (Lipinski definition) is 2. The van der Waals surface area contributed by atoms with Crippen LogP contribution in [0.4, 0.5) is 0 Å². The predicted octanol–water partition coefficient (Wildman–Crippen LogP) is 0.968. The van der Waals surface area contributed by atoms with Crippen molar-refractivity contribution in [2.24, 2.45) is 11.7 Å². The number of nitrogens with two attached hydrogens (primary N) is 1. The summed E-state index contributed by atoms with van der Waals surface area (Å²) < 4.78 is 0. The SMILES string of the molecule is CC(C(N)=O)N1C(C(=O)O)CCC2CCCCC21. The molecule has 0 aromatic heterocycles. The number of rotatable bonds is 3. The van der Waals surface area contributed by atoms with E-state index in [2.05, 4.69) is 0 Å². The molecule has 0 aromatic rings. The molecule has 5 heteroatoms. The van der Waals surface area contributed by atoms with Gasteiger partial charge in [0.1, 0.15) is 6.04 Å². The number of carbonyl (C=O) groups is 2. The van der Waals surface area contributed by atoms with E-state index < -0.39 is 24.0 Å². The van der Waals surface area contributed by atoms with Gasteiger partial charge in [-0.2, -0.15) is 0 Å². The third-order valence-corrected chi connectivity index (χ3v) is 4.57. The van der Waals surface area contributed by atoms with Gasteiger partial charge < -0.3 is 10.8 Å². The minimum Gasteiger partial charge on any atom is -0.480 e. The van der Waals surface area contributed by atoms with Gasteiger partial charge in [-0.3, -0.25) is 14.5 Å². The van der Waals surface area contributed by atoms with Crippen LogP contribution in [-0.2, 0) is 9.59 Å². The molecule has 0 aromatic carbocycles. The van der Waals surface area contributed by atoms with E-state index in [1.807, 2.05) is 4.90 Å². The summed E-state index contributed by atoms with van der Waals surface area (Å²) in [6, 6.07) is -0.819. The fourth-order valence-corrected chi connectivity index (χ4v) is 3.62. The van der Waals surface area contributed by atoms with E-state index in [-0.39, 0.29) is 6.04 Å². The number of carboxylic acid groups (broad SMARTS) is 1. The number of fused-ring (bicyclic) bond motifs is 1. The van der Waals surface area contributed by atoms with E-state index in [0.29, 0.717) is 12.3 Å². The van der Waals surface area contributed by atoms with E-state index in [0.717, 1.165) is 25.7 Å². The number of primary amides is 1. The highest BCUT2D eigenvalue weighted by Gasteiger charge is 2.44. The number of carbonyl (C=O) groups excluding carboxylic acids is 1. The molecular formula is C13H22N2O3. The third-order valence-electron chi connectivity index (χ3n) is 4.57. The summed E-state index contributed by atoms with van der Waals surface area (Å²) in [5.74, 6) is -0.712. The van der Waals surface area contributed by atoms with Crippen molar-refractivity contribution in [3.63, 3.8) is 0 Å². The van der Waals surface area contributed by atoms with E-state index in [1.54, 1.807) is 6.92 Å². The van der Waals surface area contributed by atoms with Gasteiger partial charge in [0.2, 0.25) is 5.91 Å². The molecule has 4 atom stereocenters. The Labute approximate surface area is 107 Å². The molecule has 1 heterocycles. The lowest BCUT2D eigenvalue weighted by atomic mass is 9.75. The highest BCUT2D eigenvalue weighted by Crippen LogP contribution is 2.38. The van der Waals surface area contributed by atoms with Gasteiger partial charge in [-0.15, -0.1) is 0 Å². The van der Waals surface area contributed by atoms with Crippen LogP contribution >= 0.6 is 0 Å². The molecule has 3 N–H and O–H groups in total. The number of hydrogen-bond acceptors (Lipinski definition) is 3.